The standard InChI is InChI=1S/C14H21NO/c1-4-11-6-5-7-12(8-11)14(16)13(9-15)10(2)3/h5-8,10,13H,4,9,15H2,1-3H3. The van der Waals surface area contributed by atoms with Gasteiger partial charge in [-0.1, -0.05) is 39.0 Å². The Kier molecular flexibility index (Phi) is 4.69. The zero-order valence-electron chi connectivity index (χ0n) is 10.4. The molecule has 16 heavy (non-hydrogen) atoms. The number of rotatable bonds is 5. The fourth-order valence-electron chi connectivity index (χ4n) is 1.84. The SMILES string of the molecule is CCc1cccc(C(=O)C(CN)C(C)C)c1. The lowest BCUT2D eigenvalue weighted by molar-refractivity contribution is 0.0892. The highest BCUT2D eigenvalue weighted by molar-refractivity contribution is 5.98. The predicted octanol–water partition coefficient (Wildman–Crippen LogP) is 2.66. The van der Waals surface area contributed by atoms with Crippen molar-refractivity contribution in [3.05, 3.63) is 35.4 Å². The van der Waals surface area contributed by atoms with Crippen molar-refractivity contribution in [3.8, 4) is 0 Å². The molecule has 0 bridgehead atoms. The van der Waals surface area contributed by atoms with Crippen molar-refractivity contribution in [1.82, 2.24) is 0 Å². The first-order valence-corrected chi connectivity index (χ1v) is 5.93. The van der Waals surface area contributed by atoms with Crippen LogP contribution in [0.5, 0.6) is 0 Å². The largest absolute Gasteiger partial charge is 0.330 e. The zero-order chi connectivity index (χ0) is 12.1. The van der Waals surface area contributed by atoms with Gasteiger partial charge in [0.25, 0.3) is 0 Å². The van der Waals surface area contributed by atoms with Gasteiger partial charge in [-0.05, 0) is 24.0 Å². The van der Waals surface area contributed by atoms with Gasteiger partial charge in [0, 0.05) is 18.0 Å². The second-order valence-corrected chi connectivity index (χ2v) is 4.50. The summed E-state index contributed by atoms with van der Waals surface area (Å²) in [5.41, 5.74) is 7.66. The van der Waals surface area contributed by atoms with Crippen molar-refractivity contribution in [2.24, 2.45) is 17.6 Å². The summed E-state index contributed by atoms with van der Waals surface area (Å²) in [6.45, 7) is 6.59. The Morgan fingerprint density at radius 1 is 1.38 bits per heavy atom. The molecule has 1 atom stereocenters. The van der Waals surface area contributed by atoms with E-state index in [2.05, 4.69) is 6.92 Å². The molecule has 1 unspecified atom stereocenters. The second kappa shape index (κ2) is 5.80. The quantitative estimate of drug-likeness (QED) is 0.774. The normalized spacial score (nSPS) is 12.8. The summed E-state index contributed by atoms with van der Waals surface area (Å²) in [7, 11) is 0. The third-order valence-corrected chi connectivity index (χ3v) is 3.02. The zero-order valence-corrected chi connectivity index (χ0v) is 10.4. The van der Waals surface area contributed by atoms with Gasteiger partial charge >= 0.3 is 0 Å². The van der Waals surface area contributed by atoms with E-state index in [1.54, 1.807) is 0 Å². The molecule has 0 aromatic heterocycles. The van der Waals surface area contributed by atoms with E-state index in [4.69, 9.17) is 5.73 Å². The molecular weight excluding hydrogens is 198 g/mol. The Morgan fingerprint density at radius 3 is 2.56 bits per heavy atom. The molecule has 0 fully saturated rings. The van der Waals surface area contributed by atoms with Gasteiger partial charge < -0.3 is 5.73 Å². The summed E-state index contributed by atoms with van der Waals surface area (Å²) in [5.74, 6) is 0.405. The van der Waals surface area contributed by atoms with E-state index in [1.165, 1.54) is 5.56 Å². The average Bonchev–Trinajstić information content (AvgIpc) is 2.29. The van der Waals surface area contributed by atoms with E-state index in [0.29, 0.717) is 12.5 Å². The summed E-state index contributed by atoms with van der Waals surface area (Å²) in [4.78, 5) is 12.2. The third kappa shape index (κ3) is 2.92. The van der Waals surface area contributed by atoms with Crippen molar-refractivity contribution >= 4 is 5.78 Å². The molecule has 1 rings (SSSR count). The van der Waals surface area contributed by atoms with E-state index in [1.807, 2.05) is 38.1 Å². The molecular formula is C14H21NO. The molecule has 0 saturated heterocycles. The first kappa shape index (κ1) is 12.9. The van der Waals surface area contributed by atoms with Gasteiger partial charge in [0.1, 0.15) is 0 Å². The van der Waals surface area contributed by atoms with Crippen LogP contribution in [0.3, 0.4) is 0 Å². The molecule has 0 aliphatic heterocycles. The molecule has 0 saturated carbocycles. The summed E-state index contributed by atoms with van der Waals surface area (Å²) < 4.78 is 0. The Hall–Kier alpha value is -1.15. The Bertz CT molecular complexity index is 358. The minimum absolute atomic E-state index is 0.0629. The highest BCUT2D eigenvalue weighted by Crippen LogP contribution is 2.17. The van der Waals surface area contributed by atoms with Crippen LogP contribution in [0.4, 0.5) is 0 Å². The Balaban J connectivity index is 2.94. The summed E-state index contributed by atoms with van der Waals surface area (Å²) >= 11 is 0. The van der Waals surface area contributed by atoms with Crippen LogP contribution in [-0.4, -0.2) is 12.3 Å². The van der Waals surface area contributed by atoms with E-state index >= 15 is 0 Å². The van der Waals surface area contributed by atoms with E-state index in [0.717, 1.165) is 12.0 Å². The molecule has 1 aromatic carbocycles. The molecule has 2 nitrogen and oxygen atoms in total. The minimum atomic E-state index is -0.0629. The fraction of sp³-hybridized carbons (Fsp3) is 0.500. The number of nitrogens with two attached hydrogens (primary N) is 1. The molecule has 0 heterocycles. The highest BCUT2D eigenvalue weighted by atomic mass is 16.1. The maximum Gasteiger partial charge on any atom is 0.167 e. The van der Waals surface area contributed by atoms with Crippen LogP contribution < -0.4 is 5.73 Å². The van der Waals surface area contributed by atoms with Crippen LogP contribution in [0.2, 0.25) is 0 Å². The first-order valence-electron chi connectivity index (χ1n) is 5.93. The fourth-order valence-corrected chi connectivity index (χ4v) is 1.84. The maximum atomic E-state index is 12.2. The van der Waals surface area contributed by atoms with Crippen LogP contribution in [0, 0.1) is 11.8 Å². The second-order valence-electron chi connectivity index (χ2n) is 4.50. The van der Waals surface area contributed by atoms with Gasteiger partial charge in [0.05, 0.1) is 0 Å². The molecule has 0 radical (unpaired) electrons. The maximum absolute atomic E-state index is 12.2. The number of ketones is 1. The number of aryl methyl sites for hydroxylation is 1. The molecule has 88 valence electrons. The van der Waals surface area contributed by atoms with Gasteiger partial charge in [-0.15, -0.1) is 0 Å². The first-order chi connectivity index (χ1) is 7.60. The number of carbonyl (C=O) groups is 1. The van der Waals surface area contributed by atoms with Crippen LogP contribution in [-0.2, 0) is 6.42 Å². The predicted molar refractivity (Wildman–Crippen MR) is 67.5 cm³/mol. The lowest BCUT2D eigenvalue weighted by Gasteiger charge is -2.17. The van der Waals surface area contributed by atoms with Gasteiger partial charge in [-0.25, -0.2) is 0 Å². The summed E-state index contributed by atoms with van der Waals surface area (Å²) in [6, 6.07) is 7.85. The van der Waals surface area contributed by atoms with Crippen LogP contribution >= 0.6 is 0 Å². The van der Waals surface area contributed by atoms with Gasteiger partial charge in [-0.2, -0.15) is 0 Å². The van der Waals surface area contributed by atoms with Crippen LogP contribution in [0.1, 0.15) is 36.7 Å². The van der Waals surface area contributed by atoms with Gasteiger partial charge in [0.15, 0.2) is 5.78 Å². The molecule has 0 aliphatic rings. The highest BCUT2D eigenvalue weighted by Gasteiger charge is 2.21. The van der Waals surface area contributed by atoms with E-state index in [-0.39, 0.29) is 11.7 Å². The molecule has 0 amide bonds. The Labute approximate surface area is 97.9 Å². The topological polar surface area (TPSA) is 43.1 Å². The number of benzene rings is 1. The number of hydrogen-bond donors (Lipinski definition) is 1. The van der Waals surface area contributed by atoms with Crippen molar-refractivity contribution < 1.29 is 4.79 Å². The van der Waals surface area contributed by atoms with E-state index in [9.17, 15) is 4.79 Å². The van der Waals surface area contributed by atoms with E-state index < -0.39 is 0 Å². The number of Topliss-reactive ketones (excluding diaryl/α,β-unsaturated/α-hetero) is 1. The van der Waals surface area contributed by atoms with Crippen molar-refractivity contribution in [3.63, 3.8) is 0 Å². The van der Waals surface area contributed by atoms with Gasteiger partial charge in [0.2, 0.25) is 0 Å². The monoisotopic (exact) mass is 219 g/mol. The molecule has 2 heteroatoms. The molecule has 2 N–H and O–H groups in total. The van der Waals surface area contributed by atoms with Crippen molar-refractivity contribution in [2.75, 3.05) is 6.54 Å². The Morgan fingerprint density at radius 2 is 2.06 bits per heavy atom. The lowest BCUT2D eigenvalue weighted by Crippen LogP contribution is -2.28. The van der Waals surface area contributed by atoms with Gasteiger partial charge in [-0.3, -0.25) is 4.79 Å². The minimum Gasteiger partial charge on any atom is -0.330 e. The molecule has 0 spiro atoms. The van der Waals surface area contributed by atoms with Crippen molar-refractivity contribution in [1.29, 1.82) is 0 Å². The van der Waals surface area contributed by atoms with Crippen LogP contribution in [0.25, 0.3) is 0 Å². The third-order valence-electron chi connectivity index (χ3n) is 3.02. The molecule has 0 aliphatic carbocycles. The smallest absolute Gasteiger partial charge is 0.167 e. The molecule has 1 aromatic rings. The number of hydrogen-bond acceptors (Lipinski definition) is 2. The number of carbonyl (C=O) groups excluding carboxylic acids is 1. The lowest BCUT2D eigenvalue weighted by atomic mass is 9.87. The van der Waals surface area contributed by atoms with Crippen LogP contribution in [0.15, 0.2) is 24.3 Å². The summed E-state index contributed by atoms with van der Waals surface area (Å²) in [6.07, 6.45) is 0.954. The average molecular weight is 219 g/mol. The summed E-state index contributed by atoms with van der Waals surface area (Å²) in [5, 5.41) is 0. The van der Waals surface area contributed by atoms with Crippen molar-refractivity contribution in [2.45, 2.75) is 27.2 Å².